The molecule has 19 heavy (non-hydrogen) atoms. The predicted octanol–water partition coefficient (Wildman–Crippen LogP) is 0.123. The van der Waals surface area contributed by atoms with Crippen molar-refractivity contribution in [2.45, 2.75) is 24.3 Å². The maximum atomic E-state index is 11.3. The van der Waals surface area contributed by atoms with Gasteiger partial charge in [0.25, 0.3) is 0 Å². The second-order valence-corrected chi connectivity index (χ2v) is 6.53. The minimum Gasteiger partial charge on any atom is -0.398 e. The second-order valence-electron chi connectivity index (χ2n) is 5.00. The summed E-state index contributed by atoms with van der Waals surface area (Å²) in [6.45, 7) is 3.35. The van der Waals surface area contributed by atoms with Crippen molar-refractivity contribution in [1.29, 1.82) is 0 Å². The zero-order valence-corrected chi connectivity index (χ0v) is 11.6. The molecule has 0 saturated carbocycles. The van der Waals surface area contributed by atoms with E-state index >= 15 is 0 Å². The van der Waals surface area contributed by atoms with E-state index in [0.717, 1.165) is 25.2 Å². The molecule has 0 spiro atoms. The van der Waals surface area contributed by atoms with E-state index in [1.807, 2.05) is 0 Å². The molecule has 0 bridgehead atoms. The van der Waals surface area contributed by atoms with Crippen LogP contribution in [-0.4, -0.2) is 32.7 Å². The fraction of sp³-hybridized carbons (Fsp3) is 0.500. The number of hydrogen-bond donors (Lipinski definition) is 3. The Balaban J connectivity index is 2.22. The van der Waals surface area contributed by atoms with Crippen molar-refractivity contribution in [3.05, 3.63) is 18.2 Å². The van der Waals surface area contributed by atoms with Crippen LogP contribution in [0.1, 0.15) is 13.3 Å². The van der Waals surface area contributed by atoms with E-state index in [9.17, 15) is 13.5 Å². The summed E-state index contributed by atoms with van der Waals surface area (Å²) >= 11 is 0. The normalized spacial score (nSPS) is 21.6. The van der Waals surface area contributed by atoms with Crippen molar-refractivity contribution in [3.63, 3.8) is 0 Å². The molecular weight excluding hydrogens is 266 g/mol. The third kappa shape index (κ3) is 2.99. The zero-order valence-electron chi connectivity index (χ0n) is 10.8. The number of anilines is 2. The van der Waals surface area contributed by atoms with Crippen LogP contribution in [0.15, 0.2) is 23.1 Å². The van der Waals surface area contributed by atoms with E-state index in [4.69, 9.17) is 10.9 Å². The average molecular weight is 285 g/mol. The van der Waals surface area contributed by atoms with Crippen LogP contribution in [0.25, 0.3) is 0 Å². The summed E-state index contributed by atoms with van der Waals surface area (Å²) in [7, 11) is -3.78. The Morgan fingerprint density at radius 3 is 2.63 bits per heavy atom. The number of sulfonamides is 1. The summed E-state index contributed by atoms with van der Waals surface area (Å²) in [5.41, 5.74) is 6.74. The van der Waals surface area contributed by atoms with Crippen molar-refractivity contribution in [2.24, 2.45) is 11.1 Å². The lowest BCUT2D eigenvalue weighted by Crippen LogP contribution is -2.24. The lowest BCUT2D eigenvalue weighted by atomic mass is 10.0. The molecule has 0 aliphatic carbocycles. The zero-order chi connectivity index (χ0) is 14.2. The van der Waals surface area contributed by atoms with Crippen molar-refractivity contribution in [3.8, 4) is 0 Å². The summed E-state index contributed by atoms with van der Waals surface area (Å²) in [5, 5.41) is 14.6. The van der Waals surface area contributed by atoms with E-state index in [-0.39, 0.29) is 22.6 Å². The van der Waals surface area contributed by atoms with Crippen molar-refractivity contribution in [2.75, 3.05) is 23.7 Å². The lowest BCUT2D eigenvalue weighted by molar-refractivity contribution is 0.136. The molecule has 7 heteroatoms. The van der Waals surface area contributed by atoms with Crippen LogP contribution in [0, 0.1) is 5.92 Å². The van der Waals surface area contributed by atoms with Crippen LogP contribution >= 0.6 is 0 Å². The molecule has 1 saturated heterocycles. The minimum atomic E-state index is -3.78. The van der Waals surface area contributed by atoms with Gasteiger partial charge >= 0.3 is 0 Å². The number of rotatable bonds is 3. The predicted molar refractivity (Wildman–Crippen MR) is 74.2 cm³/mol. The molecule has 2 unspecified atom stereocenters. The van der Waals surface area contributed by atoms with Gasteiger partial charge < -0.3 is 15.7 Å². The summed E-state index contributed by atoms with van der Waals surface area (Å²) in [4.78, 5) is 2.03. The Hall–Kier alpha value is -1.31. The Kier molecular flexibility index (Phi) is 3.71. The van der Waals surface area contributed by atoms with E-state index in [1.165, 1.54) is 6.07 Å². The third-order valence-corrected chi connectivity index (χ3v) is 4.56. The Morgan fingerprint density at radius 1 is 1.47 bits per heavy atom. The standard InChI is InChI=1S/C12H19N3O3S/c1-8(16)9-4-5-15(7-9)10-2-3-12(11(13)6-10)19(14,17)18/h2-3,6,8-9,16H,4-5,7,13H2,1H3,(H2,14,17,18). The first-order valence-corrected chi connectivity index (χ1v) is 7.69. The molecule has 1 aliphatic heterocycles. The molecule has 0 aromatic heterocycles. The highest BCUT2D eigenvalue weighted by molar-refractivity contribution is 7.89. The molecule has 1 aromatic rings. The van der Waals surface area contributed by atoms with Crippen molar-refractivity contribution >= 4 is 21.4 Å². The van der Waals surface area contributed by atoms with Gasteiger partial charge in [-0.25, -0.2) is 13.6 Å². The third-order valence-electron chi connectivity index (χ3n) is 3.57. The number of aliphatic hydroxyl groups excluding tert-OH is 1. The fourth-order valence-corrected chi connectivity index (χ4v) is 3.05. The highest BCUT2D eigenvalue weighted by Crippen LogP contribution is 2.29. The molecule has 6 nitrogen and oxygen atoms in total. The first-order chi connectivity index (χ1) is 8.79. The van der Waals surface area contributed by atoms with Gasteiger partial charge in [-0.15, -0.1) is 0 Å². The van der Waals surface area contributed by atoms with Gasteiger partial charge in [-0.1, -0.05) is 0 Å². The molecule has 1 fully saturated rings. The topological polar surface area (TPSA) is 110 Å². The number of nitrogens with zero attached hydrogens (tertiary/aromatic N) is 1. The fourth-order valence-electron chi connectivity index (χ4n) is 2.41. The summed E-state index contributed by atoms with van der Waals surface area (Å²) < 4.78 is 22.6. The Morgan fingerprint density at radius 2 is 2.16 bits per heavy atom. The molecule has 2 rings (SSSR count). The quantitative estimate of drug-likeness (QED) is 0.683. The summed E-state index contributed by atoms with van der Waals surface area (Å²) in [6, 6.07) is 4.74. The van der Waals surface area contributed by atoms with Crippen LogP contribution < -0.4 is 15.8 Å². The van der Waals surface area contributed by atoms with Crippen LogP contribution in [-0.2, 0) is 10.0 Å². The van der Waals surface area contributed by atoms with Gasteiger partial charge in [0, 0.05) is 24.7 Å². The number of hydrogen-bond acceptors (Lipinski definition) is 5. The summed E-state index contributed by atoms with van der Waals surface area (Å²) in [5.74, 6) is 0.235. The molecule has 5 N–H and O–H groups in total. The first kappa shape index (κ1) is 14.1. The van der Waals surface area contributed by atoms with E-state index in [1.54, 1.807) is 19.1 Å². The monoisotopic (exact) mass is 285 g/mol. The smallest absolute Gasteiger partial charge is 0.240 e. The number of nitrogens with two attached hydrogens (primary N) is 2. The molecule has 1 heterocycles. The van der Waals surface area contributed by atoms with E-state index in [2.05, 4.69) is 4.90 Å². The van der Waals surface area contributed by atoms with Gasteiger partial charge in [0.15, 0.2) is 0 Å². The Bertz CT molecular complexity index is 572. The van der Waals surface area contributed by atoms with Crippen LogP contribution in [0.5, 0.6) is 0 Å². The van der Waals surface area contributed by atoms with Gasteiger partial charge in [-0.05, 0) is 31.5 Å². The molecular formula is C12H19N3O3S. The first-order valence-electron chi connectivity index (χ1n) is 6.14. The molecule has 106 valence electrons. The number of nitrogen functional groups attached to an aromatic ring is 1. The highest BCUT2D eigenvalue weighted by Gasteiger charge is 2.26. The number of primary sulfonamides is 1. The maximum absolute atomic E-state index is 11.3. The van der Waals surface area contributed by atoms with Gasteiger partial charge in [-0.3, -0.25) is 0 Å². The maximum Gasteiger partial charge on any atom is 0.240 e. The Labute approximate surface area is 113 Å². The summed E-state index contributed by atoms with van der Waals surface area (Å²) in [6.07, 6.45) is 0.570. The SMILES string of the molecule is CC(O)C1CCN(c2ccc(S(N)(=O)=O)c(N)c2)C1. The lowest BCUT2D eigenvalue weighted by Gasteiger charge is -2.20. The highest BCUT2D eigenvalue weighted by atomic mass is 32.2. The second kappa shape index (κ2) is 4.99. The average Bonchev–Trinajstić information content (AvgIpc) is 2.76. The van der Waals surface area contributed by atoms with Gasteiger partial charge in [0.1, 0.15) is 4.90 Å². The molecule has 0 amide bonds. The van der Waals surface area contributed by atoms with Crippen LogP contribution in [0.3, 0.4) is 0 Å². The number of aliphatic hydroxyl groups is 1. The van der Waals surface area contributed by atoms with Gasteiger partial charge in [-0.2, -0.15) is 0 Å². The van der Waals surface area contributed by atoms with Gasteiger partial charge in [0.2, 0.25) is 10.0 Å². The van der Waals surface area contributed by atoms with Crippen molar-refractivity contribution < 1.29 is 13.5 Å². The van der Waals surface area contributed by atoms with Crippen LogP contribution in [0.4, 0.5) is 11.4 Å². The number of benzene rings is 1. The minimum absolute atomic E-state index is 0.0532. The van der Waals surface area contributed by atoms with E-state index < -0.39 is 10.0 Å². The molecule has 2 atom stereocenters. The molecule has 1 aliphatic rings. The van der Waals surface area contributed by atoms with Crippen LogP contribution in [0.2, 0.25) is 0 Å². The van der Waals surface area contributed by atoms with E-state index in [0.29, 0.717) is 0 Å². The largest absolute Gasteiger partial charge is 0.398 e. The van der Waals surface area contributed by atoms with Crippen molar-refractivity contribution in [1.82, 2.24) is 0 Å². The van der Waals surface area contributed by atoms with Gasteiger partial charge in [0.05, 0.1) is 11.8 Å². The molecule has 0 radical (unpaired) electrons. The molecule has 1 aromatic carbocycles.